The van der Waals surface area contributed by atoms with E-state index in [9.17, 15) is 0 Å². The summed E-state index contributed by atoms with van der Waals surface area (Å²) in [5.41, 5.74) is 5.93. The second-order valence-corrected chi connectivity index (χ2v) is 4.46. The van der Waals surface area contributed by atoms with Gasteiger partial charge in [0, 0.05) is 0 Å². The van der Waals surface area contributed by atoms with Gasteiger partial charge in [0.05, 0.1) is 24.7 Å². The Bertz CT molecular complexity index is 340. The highest BCUT2D eigenvalue weighted by molar-refractivity contribution is 4.99. The zero-order chi connectivity index (χ0) is 11.5. The average Bonchev–Trinajstić information content (AvgIpc) is 2.85. The molecule has 1 aromatic heterocycles. The van der Waals surface area contributed by atoms with E-state index in [1.54, 1.807) is 0 Å². The molecule has 0 saturated carbocycles. The van der Waals surface area contributed by atoms with Crippen molar-refractivity contribution in [2.45, 2.75) is 51.2 Å². The van der Waals surface area contributed by atoms with E-state index in [-0.39, 0.29) is 18.1 Å². The molecule has 1 aliphatic rings. The summed E-state index contributed by atoms with van der Waals surface area (Å²) in [6.07, 6.45) is 3.14. The van der Waals surface area contributed by atoms with Crippen LogP contribution in [0.5, 0.6) is 0 Å². The second kappa shape index (κ2) is 4.93. The minimum Gasteiger partial charge on any atom is -0.378 e. The summed E-state index contributed by atoms with van der Waals surface area (Å²) in [6, 6.07) is -0.109. The summed E-state index contributed by atoms with van der Waals surface area (Å²) < 4.78 is 10.7. The lowest BCUT2D eigenvalue weighted by atomic mass is 10.1. The number of ether oxygens (including phenoxy) is 1. The molecule has 16 heavy (non-hydrogen) atoms. The quantitative estimate of drug-likeness (QED) is 0.845. The summed E-state index contributed by atoms with van der Waals surface area (Å²) in [6.45, 7) is 4.82. The fourth-order valence-corrected chi connectivity index (χ4v) is 1.99. The maximum absolute atomic E-state index is 5.93. The van der Waals surface area contributed by atoms with Crippen molar-refractivity contribution in [1.82, 2.24) is 10.1 Å². The first-order chi connectivity index (χ1) is 7.70. The van der Waals surface area contributed by atoms with Crippen LogP contribution in [0.25, 0.3) is 0 Å². The first kappa shape index (κ1) is 11.5. The third-order valence-corrected chi connectivity index (χ3v) is 2.94. The van der Waals surface area contributed by atoms with E-state index in [0.717, 1.165) is 19.3 Å². The minimum absolute atomic E-state index is 0.109. The SMILES string of the molecule is CCCC(N)c1noc(C2COC(C)C2)n1. The van der Waals surface area contributed by atoms with E-state index in [0.29, 0.717) is 18.3 Å². The summed E-state index contributed by atoms with van der Waals surface area (Å²) in [5.74, 6) is 1.53. The molecule has 5 nitrogen and oxygen atoms in total. The Morgan fingerprint density at radius 3 is 3.00 bits per heavy atom. The lowest BCUT2D eigenvalue weighted by Crippen LogP contribution is -2.11. The molecule has 1 aliphatic heterocycles. The van der Waals surface area contributed by atoms with Gasteiger partial charge in [0.2, 0.25) is 5.89 Å². The molecule has 0 aliphatic carbocycles. The lowest BCUT2D eigenvalue weighted by molar-refractivity contribution is 0.122. The number of hydrogen-bond donors (Lipinski definition) is 1. The average molecular weight is 225 g/mol. The van der Waals surface area contributed by atoms with Crippen LogP contribution < -0.4 is 5.73 Å². The van der Waals surface area contributed by atoms with Crippen LogP contribution >= 0.6 is 0 Å². The fourth-order valence-electron chi connectivity index (χ4n) is 1.99. The van der Waals surface area contributed by atoms with Gasteiger partial charge in [-0.25, -0.2) is 0 Å². The van der Waals surface area contributed by atoms with E-state index < -0.39 is 0 Å². The highest BCUT2D eigenvalue weighted by atomic mass is 16.5. The normalized spacial score (nSPS) is 27.2. The highest BCUT2D eigenvalue weighted by Crippen LogP contribution is 2.28. The number of hydrogen-bond acceptors (Lipinski definition) is 5. The molecule has 1 aromatic rings. The van der Waals surface area contributed by atoms with E-state index >= 15 is 0 Å². The molecule has 0 amide bonds. The van der Waals surface area contributed by atoms with Crippen LogP contribution in [-0.4, -0.2) is 22.9 Å². The van der Waals surface area contributed by atoms with Crippen LogP contribution in [0.4, 0.5) is 0 Å². The van der Waals surface area contributed by atoms with Crippen molar-refractivity contribution < 1.29 is 9.26 Å². The van der Waals surface area contributed by atoms with Gasteiger partial charge in [-0.3, -0.25) is 0 Å². The van der Waals surface area contributed by atoms with Gasteiger partial charge >= 0.3 is 0 Å². The van der Waals surface area contributed by atoms with Crippen molar-refractivity contribution in [1.29, 1.82) is 0 Å². The third-order valence-electron chi connectivity index (χ3n) is 2.94. The zero-order valence-corrected chi connectivity index (χ0v) is 9.85. The van der Waals surface area contributed by atoms with Crippen molar-refractivity contribution in [2.75, 3.05) is 6.61 Å². The molecule has 2 N–H and O–H groups in total. The van der Waals surface area contributed by atoms with E-state index in [1.165, 1.54) is 0 Å². The molecule has 1 saturated heterocycles. The van der Waals surface area contributed by atoms with Crippen molar-refractivity contribution in [3.8, 4) is 0 Å². The molecule has 5 heteroatoms. The number of rotatable bonds is 4. The van der Waals surface area contributed by atoms with E-state index in [2.05, 4.69) is 24.0 Å². The smallest absolute Gasteiger partial charge is 0.232 e. The molecular weight excluding hydrogens is 206 g/mol. The first-order valence-electron chi connectivity index (χ1n) is 5.91. The van der Waals surface area contributed by atoms with Gasteiger partial charge in [-0.15, -0.1) is 0 Å². The molecule has 0 bridgehead atoms. The Labute approximate surface area is 95.3 Å². The predicted molar refractivity (Wildman–Crippen MR) is 58.9 cm³/mol. The Balaban J connectivity index is 2.01. The topological polar surface area (TPSA) is 74.2 Å². The monoisotopic (exact) mass is 225 g/mol. The fraction of sp³-hybridized carbons (Fsp3) is 0.818. The largest absolute Gasteiger partial charge is 0.378 e. The third kappa shape index (κ3) is 2.41. The van der Waals surface area contributed by atoms with E-state index in [1.807, 2.05) is 0 Å². The Hall–Kier alpha value is -0.940. The summed E-state index contributed by atoms with van der Waals surface area (Å²) in [7, 11) is 0. The molecular formula is C11H19N3O2. The van der Waals surface area contributed by atoms with Crippen LogP contribution in [-0.2, 0) is 4.74 Å². The second-order valence-electron chi connectivity index (χ2n) is 4.46. The van der Waals surface area contributed by atoms with Gasteiger partial charge in [-0.05, 0) is 19.8 Å². The molecule has 0 spiro atoms. The number of aromatic nitrogens is 2. The predicted octanol–water partition coefficient (Wildman–Crippen LogP) is 1.76. The Morgan fingerprint density at radius 2 is 2.38 bits per heavy atom. The maximum atomic E-state index is 5.93. The van der Waals surface area contributed by atoms with Gasteiger partial charge in [0.15, 0.2) is 5.82 Å². The van der Waals surface area contributed by atoms with Crippen LogP contribution in [0.1, 0.15) is 56.8 Å². The molecule has 2 heterocycles. The van der Waals surface area contributed by atoms with Gasteiger partial charge in [0.25, 0.3) is 0 Å². The van der Waals surface area contributed by atoms with Gasteiger partial charge in [-0.1, -0.05) is 18.5 Å². The van der Waals surface area contributed by atoms with Crippen LogP contribution in [0, 0.1) is 0 Å². The maximum Gasteiger partial charge on any atom is 0.232 e. The lowest BCUT2D eigenvalue weighted by Gasteiger charge is -2.03. The van der Waals surface area contributed by atoms with Crippen LogP contribution in [0.15, 0.2) is 4.52 Å². The minimum atomic E-state index is -0.109. The summed E-state index contributed by atoms with van der Waals surface area (Å²) in [5, 5.41) is 3.94. The Kier molecular flexibility index (Phi) is 3.56. The Morgan fingerprint density at radius 1 is 1.56 bits per heavy atom. The first-order valence-corrected chi connectivity index (χ1v) is 5.91. The van der Waals surface area contributed by atoms with Crippen molar-refractivity contribution in [3.63, 3.8) is 0 Å². The molecule has 3 atom stereocenters. The molecule has 2 rings (SSSR count). The van der Waals surface area contributed by atoms with Gasteiger partial charge in [-0.2, -0.15) is 4.98 Å². The van der Waals surface area contributed by atoms with Gasteiger partial charge < -0.3 is 15.0 Å². The van der Waals surface area contributed by atoms with E-state index in [4.69, 9.17) is 15.0 Å². The molecule has 1 fully saturated rings. The number of nitrogens with zero attached hydrogens (tertiary/aromatic N) is 2. The molecule has 3 unspecified atom stereocenters. The van der Waals surface area contributed by atoms with Crippen molar-refractivity contribution >= 4 is 0 Å². The summed E-state index contributed by atoms with van der Waals surface area (Å²) in [4.78, 5) is 4.36. The molecule has 0 aromatic carbocycles. The van der Waals surface area contributed by atoms with Crippen molar-refractivity contribution in [3.05, 3.63) is 11.7 Å². The van der Waals surface area contributed by atoms with Crippen LogP contribution in [0.2, 0.25) is 0 Å². The van der Waals surface area contributed by atoms with Crippen molar-refractivity contribution in [2.24, 2.45) is 5.73 Å². The summed E-state index contributed by atoms with van der Waals surface area (Å²) >= 11 is 0. The highest BCUT2D eigenvalue weighted by Gasteiger charge is 2.28. The van der Waals surface area contributed by atoms with Crippen LogP contribution in [0.3, 0.4) is 0 Å². The molecule has 0 radical (unpaired) electrons. The molecule has 90 valence electrons. The number of nitrogens with two attached hydrogens (primary N) is 1. The van der Waals surface area contributed by atoms with Gasteiger partial charge in [0.1, 0.15) is 0 Å². The zero-order valence-electron chi connectivity index (χ0n) is 9.85. The standard InChI is InChI=1S/C11H19N3O2/c1-3-4-9(12)10-13-11(16-14-10)8-5-7(2)15-6-8/h7-9H,3-6,12H2,1-2H3.